The van der Waals surface area contributed by atoms with Crippen LogP contribution in [0.15, 0.2) is 24.4 Å². The fraction of sp³-hybridized carbons (Fsp3) is 0.636. The summed E-state index contributed by atoms with van der Waals surface area (Å²) in [4.78, 5) is 3.32. The summed E-state index contributed by atoms with van der Waals surface area (Å²) >= 11 is 0. The fourth-order valence-corrected chi connectivity index (χ4v) is 3.46. The Kier molecular flexibility index (Phi) is 9.50. The van der Waals surface area contributed by atoms with Gasteiger partial charge in [-0.1, -0.05) is 70.8 Å². The molecule has 0 saturated heterocycles. The number of rotatable bonds is 14. The Bertz CT molecular complexity index is 591. The van der Waals surface area contributed by atoms with E-state index < -0.39 is 0 Å². The van der Waals surface area contributed by atoms with Crippen LogP contribution in [0.4, 0.5) is 0 Å². The number of nitrogens with two attached hydrogens (primary N) is 1. The molecule has 0 bridgehead atoms. The van der Waals surface area contributed by atoms with Crippen molar-refractivity contribution >= 4 is 10.9 Å². The fourth-order valence-electron chi connectivity index (χ4n) is 3.46. The number of hydrogen-bond acceptors (Lipinski definition) is 2. The van der Waals surface area contributed by atoms with E-state index >= 15 is 0 Å². The Hall–Kier alpha value is -1.48. The van der Waals surface area contributed by atoms with Gasteiger partial charge in [-0.3, -0.25) is 0 Å². The lowest BCUT2D eigenvalue weighted by Crippen LogP contribution is -2.03. The van der Waals surface area contributed by atoms with Crippen LogP contribution in [0.25, 0.3) is 10.9 Å². The highest BCUT2D eigenvalue weighted by molar-refractivity contribution is 5.89. The van der Waals surface area contributed by atoms with E-state index in [-0.39, 0.29) is 0 Å². The van der Waals surface area contributed by atoms with Gasteiger partial charge in [0.15, 0.2) is 0 Å². The number of benzene rings is 1. The highest BCUT2D eigenvalue weighted by atomic mass is 16.5. The van der Waals surface area contributed by atoms with Crippen molar-refractivity contribution in [2.45, 2.75) is 77.6 Å². The van der Waals surface area contributed by atoms with E-state index in [9.17, 15) is 0 Å². The number of nitrogens with one attached hydrogen (secondary N) is 1. The van der Waals surface area contributed by atoms with Crippen LogP contribution in [0, 0.1) is 0 Å². The standard InChI is InChI=1S/C22H36N2O/c1-2-3-4-5-6-7-8-9-10-11-17-25-21-14-12-13-20-22(21)19(15-16-23)18-24-20/h12-14,18,24H,2-11,15-17,23H2,1H3. The summed E-state index contributed by atoms with van der Waals surface area (Å²) in [5, 5.41) is 1.21. The van der Waals surface area contributed by atoms with Gasteiger partial charge in [0.05, 0.1) is 6.61 Å². The summed E-state index contributed by atoms with van der Waals surface area (Å²) in [5.74, 6) is 0.998. The number of aromatic nitrogens is 1. The van der Waals surface area contributed by atoms with Gasteiger partial charge in [-0.15, -0.1) is 0 Å². The third-order valence-corrected chi connectivity index (χ3v) is 4.92. The van der Waals surface area contributed by atoms with Crippen molar-refractivity contribution in [3.8, 4) is 5.75 Å². The molecule has 3 nitrogen and oxygen atoms in total. The average Bonchev–Trinajstić information content (AvgIpc) is 3.04. The second-order valence-corrected chi connectivity index (χ2v) is 7.06. The largest absolute Gasteiger partial charge is 0.493 e. The average molecular weight is 345 g/mol. The summed E-state index contributed by atoms with van der Waals surface area (Å²) in [6.07, 6.45) is 16.5. The Morgan fingerprint density at radius 1 is 0.920 bits per heavy atom. The molecular formula is C22H36N2O. The van der Waals surface area contributed by atoms with Crippen molar-refractivity contribution in [1.82, 2.24) is 4.98 Å². The van der Waals surface area contributed by atoms with E-state index in [0.717, 1.165) is 30.7 Å². The van der Waals surface area contributed by atoms with Crippen LogP contribution in [0.3, 0.4) is 0 Å². The number of aromatic amines is 1. The molecule has 0 aliphatic rings. The lowest BCUT2D eigenvalue weighted by Gasteiger charge is -2.09. The van der Waals surface area contributed by atoms with Crippen LogP contribution in [0.5, 0.6) is 5.75 Å². The van der Waals surface area contributed by atoms with Crippen molar-refractivity contribution in [2.75, 3.05) is 13.2 Å². The molecule has 2 aromatic rings. The lowest BCUT2D eigenvalue weighted by molar-refractivity contribution is 0.307. The van der Waals surface area contributed by atoms with Crippen molar-refractivity contribution in [1.29, 1.82) is 0 Å². The first kappa shape index (κ1) is 19.8. The molecule has 140 valence electrons. The SMILES string of the molecule is CCCCCCCCCCCCOc1cccc2[nH]cc(CCN)c12. The predicted octanol–water partition coefficient (Wildman–Crippen LogP) is 5.97. The maximum absolute atomic E-state index is 6.08. The third-order valence-electron chi connectivity index (χ3n) is 4.92. The lowest BCUT2D eigenvalue weighted by atomic mass is 10.1. The molecule has 1 aromatic carbocycles. The van der Waals surface area contributed by atoms with Gasteiger partial charge in [-0.25, -0.2) is 0 Å². The molecule has 0 aliphatic heterocycles. The first-order valence-corrected chi connectivity index (χ1v) is 10.3. The minimum Gasteiger partial charge on any atom is -0.493 e. The quantitative estimate of drug-likeness (QED) is 0.415. The first-order valence-electron chi connectivity index (χ1n) is 10.3. The predicted molar refractivity (Wildman–Crippen MR) is 108 cm³/mol. The molecule has 0 atom stereocenters. The van der Waals surface area contributed by atoms with Crippen molar-refractivity contribution in [3.63, 3.8) is 0 Å². The Balaban J connectivity index is 1.62. The molecule has 0 amide bonds. The Morgan fingerprint density at radius 3 is 2.28 bits per heavy atom. The van der Waals surface area contributed by atoms with Gasteiger partial charge in [-0.2, -0.15) is 0 Å². The summed E-state index contributed by atoms with van der Waals surface area (Å²) in [6, 6.07) is 6.23. The number of ether oxygens (including phenoxy) is 1. The van der Waals surface area contributed by atoms with Gasteiger partial charge in [0, 0.05) is 17.1 Å². The van der Waals surface area contributed by atoms with Crippen LogP contribution in [0.1, 0.15) is 76.7 Å². The zero-order chi connectivity index (χ0) is 17.7. The molecule has 1 aromatic heterocycles. The van der Waals surface area contributed by atoms with Gasteiger partial charge in [0.25, 0.3) is 0 Å². The molecule has 0 saturated carbocycles. The molecule has 2 rings (SSSR count). The minimum atomic E-state index is 0.666. The van der Waals surface area contributed by atoms with Crippen LogP contribution < -0.4 is 10.5 Å². The highest BCUT2D eigenvalue weighted by Crippen LogP contribution is 2.29. The smallest absolute Gasteiger partial charge is 0.128 e. The maximum atomic E-state index is 6.08. The van der Waals surface area contributed by atoms with E-state index in [2.05, 4.69) is 36.3 Å². The Morgan fingerprint density at radius 2 is 1.60 bits per heavy atom. The summed E-state index contributed by atoms with van der Waals surface area (Å²) < 4.78 is 6.08. The number of hydrogen-bond donors (Lipinski definition) is 2. The van der Waals surface area contributed by atoms with E-state index in [4.69, 9.17) is 10.5 Å². The van der Waals surface area contributed by atoms with Gasteiger partial charge in [-0.05, 0) is 37.1 Å². The van der Waals surface area contributed by atoms with E-state index in [0.29, 0.717) is 6.54 Å². The van der Waals surface area contributed by atoms with E-state index in [1.54, 1.807) is 0 Å². The molecule has 1 heterocycles. The Labute approximate surface area is 153 Å². The second kappa shape index (κ2) is 12.0. The monoisotopic (exact) mass is 344 g/mol. The molecular weight excluding hydrogens is 308 g/mol. The zero-order valence-electron chi connectivity index (χ0n) is 16.0. The van der Waals surface area contributed by atoms with Crippen molar-refractivity contribution < 1.29 is 4.74 Å². The third kappa shape index (κ3) is 6.74. The number of H-pyrrole nitrogens is 1. The van der Waals surface area contributed by atoms with Gasteiger partial charge in [0.1, 0.15) is 5.75 Å². The van der Waals surface area contributed by atoms with E-state index in [1.165, 1.54) is 68.7 Å². The van der Waals surface area contributed by atoms with Crippen LogP contribution >= 0.6 is 0 Å². The molecule has 0 spiro atoms. The minimum absolute atomic E-state index is 0.666. The molecule has 0 aliphatic carbocycles. The second-order valence-electron chi connectivity index (χ2n) is 7.06. The molecule has 0 fully saturated rings. The molecule has 0 unspecified atom stereocenters. The van der Waals surface area contributed by atoms with Crippen molar-refractivity contribution in [3.05, 3.63) is 30.0 Å². The molecule has 25 heavy (non-hydrogen) atoms. The highest BCUT2D eigenvalue weighted by Gasteiger charge is 2.08. The first-order chi connectivity index (χ1) is 12.4. The van der Waals surface area contributed by atoms with Crippen LogP contribution in [-0.4, -0.2) is 18.1 Å². The normalized spacial score (nSPS) is 11.3. The number of unbranched alkanes of at least 4 members (excludes halogenated alkanes) is 9. The molecule has 3 N–H and O–H groups in total. The van der Waals surface area contributed by atoms with Gasteiger partial charge >= 0.3 is 0 Å². The van der Waals surface area contributed by atoms with Gasteiger partial charge < -0.3 is 15.5 Å². The van der Waals surface area contributed by atoms with Crippen LogP contribution in [0.2, 0.25) is 0 Å². The van der Waals surface area contributed by atoms with Crippen molar-refractivity contribution in [2.24, 2.45) is 5.73 Å². The molecule has 3 heteroatoms. The van der Waals surface area contributed by atoms with E-state index in [1.807, 2.05) is 0 Å². The summed E-state index contributed by atoms with van der Waals surface area (Å²) in [7, 11) is 0. The summed E-state index contributed by atoms with van der Waals surface area (Å²) in [6.45, 7) is 3.75. The maximum Gasteiger partial charge on any atom is 0.128 e. The molecule has 0 radical (unpaired) electrons. The zero-order valence-corrected chi connectivity index (χ0v) is 16.0. The van der Waals surface area contributed by atoms with Gasteiger partial charge in [0.2, 0.25) is 0 Å². The topological polar surface area (TPSA) is 51.0 Å². The number of fused-ring (bicyclic) bond motifs is 1. The summed E-state index contributed by atoms with van der Waals surface area (Å²) in [5.41, 5.74) is 8.12. The van der Waals surface area contributed by atoms with Crippen LogP contribution in [-0.2, 0) is 6.42 Å².